The molecule has 1 fully saturated rings. The van der Waals surface area contributed by atoms with Gasteiger partial charge >= 0.3 is 0 Å². The molecule has 0 saturated carbocycles. The molecule has 1 aliphatic rings. The first-order valence-electron chi connectivity index (χ1n) is 7.81. The lowest BCUT2D eigenvalue weighted by Gasteiger charge is -2.25. The van der Waals surface area contributed by atoms with Gasteiger partial charge in [-0.3, -0.25) is 14.6 Å². The Hall–Kier alpha value is -2.25. The van der Waals surface area contributed by atoms with Crippen LogP contribution in [0.1, 0.15) is 38.4 Å². The van der Waals surface area contributed by atoms with Crippen LogP contribution in [0.2, 0.25) is 0 Å². The number of ether oxygens (including phenoxy) is 1. The second-order valence-corrected chi connectivity index (χ2v) is 6.66. The van der Waals surface area contributed by atoms with E-state index >= 15 is 0 Å². The summed E-state index contributed by atoms with van der Waals surface area (Å²) in [5.74, 6) is -0.643. The van der Waals surface area contributed by atoms with Gasteiger partial charge in [0.1, 0.15) is 0 Å². The predicted octanol–water partition coefficient (Wildman–Crippen LogP) is 2.06. The smallest absolute Gasteiger partial charge is 0.264 e. The van der Waals surface area contributed by atoms with Crippen LogP contribution in [0.15, 0.2) is 36.0 Å². The van der Waals surface area contributed by atoms with Crippen LogP contribution in [0.5, 0.6) is 0 Å². The molecule has 2 amide bonds. The van der Waals surface area contributed by atoms with Gasteiger partial charge in [-0.25, -0.2) is 0 Å². The minimum atomic E-state index is -0.525. The number of primary amides is 1. The largest absolute Gasteiger partial charge is 0.376 e. The van der Waals surface area contributed by atoms with Gasteiger partial charge in [0.15, 0.2) is 0 Å². The van der Waals surface area contributed by atoms with E-state index in [1.54, 1.807) is 28.7 Å². The van der Waals surface area contributed by atoms with Gasteiger partial charge in [0, 0.05) is 37.5 Å². The molecule has 2 aromatic rings. The highest BCUT2D eigenvalue weighted by molar-refractivity contribution is 7.12. The molecular formula is C17H19N3O3S. The highest BCUT2D eigenvalue weighted by atomic mass is 32.1. The van der Waals surface area contributed by atoms with Crippen LogP contribution in [-0.2, 0) is 11.3 Å². The average Bonchev–Trinajstić information content (AvgIpc) is 3.26. The number of pyridine rings is 1. The van der Waals surface area contributed by atoms with Gasteiger partial charge in [0.05, 0.1) is 16.5 Å². The Morgan fingerprint density at radius 3 is 2.96 bits per heavy atom. The van der Waals surface area contributed by atoms with Crippen molar-refractivity contribution < 1.29 is 14.3 Å². The van der Waals surface area contributed by atoms with Crippen molar-refractivity contribution in [1.82, 2.24) is 9.88 Å². The number of carbonyl (C=O) groups excluding carboxylic acids is 2. The average molecular weight is 345 g/mol. The van der Waals surface area contributed by atoms with Crippen LogP contribution < -0.4 is 5.73 Å². The lowest BCUT2D eigenvalue weighted by atomic mass is 10.2. The van der Waals surface area contributed by atoms with Crippen LogP contribution >= 0.6 is 11.3 Å². The zero-order chi connectivity index (χ0) is 16.9. The van der Waals surface area contributed by atoms with Gasteiger partial charge in [0.2, 0.25) is 5.91 Å². The normalized spacial score (nSPS) is 16.9. The molecule has 7 heteroatoms. The molecule has 2 N–H and O–H groups in total. The number of hydrogen-bond acceptors (Lipinski definition) is 5. The lowest BCUT2D eigenvalue weighted by molar-refractivity contribution is 0.0510. The monoisotopic (exact) mass is 345 g/mol. The Morgan fingerprint density at radius 1 is 1.46 bits per heavy atom. The van der Waals surface area contributed by atoms with E-state index in [0.29, 0.717) is 23.5 Å². The molecule has 0 unspecified atom stereocenters. The van der Waals surface area contributed by atoms with E-state index in [-0.39, 0.29) is 12.0 Å². The second-order valence-electron chi connectivity index (χ2n) is 5.75. The highest BCUT2D eigenvalue weighted by Crippen LogP contribution is 2.21. The first kappa shape index (κ1) is 16.6. The minimum Gasteiger partial charge on any atom is -0.376 e. The van der Waals surface area contributed by atoms with Crippen LogP contribution in [0.25, 0.3) is 0 Å². The lowest BCUT2D eigenvalue weighted by Crippen LogP contribution is -2.36. The van der Waals surface area contributed by atoms with Crippen LogP contribution in [0, 0.1) is 0 Å². The topological polar surface area (TPSA) is 85.5 Å². The maximum absolute atomic E-state index is 12.9. The van der Waals surface area contributed by atoms with Gasteiger partial charge in [-0.05, 0) is 30.5 Å². The molecule has 24 heavy (non-hydrogen) atoms. The molecule has 1 aliphatic heterocycles. The van der Waals surface area contributed by atoms with Gasteiger partial charge in [0.25, 0.3) is 5.91 Å². The van der Waals surface area contributed by atoms with E-state index in [0.717, 1.165) is 25.0 Å². The maximum Gasteiger partial charge on any atom is 0.264 e. The summed E-state index contributed by atoms with van der Waals surface area (Å²) in [4.78, 5) is 30.5. The number of aromatic nitrogens is 1. The number of hydrogen-bond donors (Lipinski definition) is 1. The first-order chi connectivity index (χ1) is 11.6. The minimum absolute atomic E-state index is 0.0567. The van der Waals surface area contributed by atoms with E-state index in [1.807, 2.05) is 12.1 Å². The van der Waals surface area contributed by atoms with Gasteiger partial charge in [-0.2, -0.15) is 0 Å². The molecule has 126 valence electrons. The van der Waals surface area contributed by atoms with Crippen molar-refractivity contribution in [3.8, 4) is 0 Å². The van der Waals surface area contributed by atoms with E-state index in [9.17, 15) is 9.59 Å². The zero-order valence-electron chi connectivity index (χ0n) is 13.2. The highest BCUT2D eigenvalue weighted by Gasteiger charge is 2.25. The number of rotatable bonds is 6. The Morgan fingerprint density at radius 2 is 2.33 bits per heavy atom. The number of thiophene rings is 1. The molecule has 3 heterocycles. The summed E-state index contributed by atoms with van der Waals surface area (Å²) in [7, 11) is 0. The summed E-state index contributed by atoms with van der Waals surface area (Å²) in [6, 6.07) is 5.34. The fourth-order valence-corrected chi connectivity index (χ4v) is 3.56. The number of nitrogens with two attached hydrogens (primary N) is 1. The molecule has 0 radical (unpaired) electrons. The van der Waals surface area contributed by atoms with Gasteiger partial charge < -0.3 is 15.4 Å². The first-order valence-corrected chi connectivity index (χ1v) is 8.69. The fourth-order valence-electron chi connectivity index (χ4n) is 2.70. The van der Waals surface area contributed by atoms with Gasteiger partial charge in [-0.1, -0.05) is 6.07 Å². The van der Waals surface area contributed by atoms with Crippen molar-refractivity contribution in [2.24, 2.45) is 5.73 Å². The predicted molar refractivity (Wildman–Crippen MR) is 90.8 cm³/mol. The molecule has 0 aliphatic carbocycles. The third-order valence-electron chi connectivity index (χ3n) is 3.93. The fraction of sp³-hybridized carbons (Fsp3) is 0.353. The van der Waals surface area contributed by atoms with Crippen molar-refractivity contribution in [3.05, 3.63) is 52.0 Å². The molecule has 2 aromatic heterocycles. The summed E-state index contributed by atoms with van der Waals surface area (Å²) in [6.45, 7) is 1.72. The van der Waals surface area contributed by atoms with E-state index in [4.69, 9.17) is 10.5 Å². The van der Waals surface area contributed by atoms with E-state index < -0.39 is 5.91 Å². The quantitative estimate of drug-likeness (QED) is 0.868. The molecular weight excluding hydrogens is 326 g/mol. The van der Waals surface area contributed by atoms with Crippen molar-refractivity contribution in [2.75, 3.05) is 13.2 Å². The summed E-state index contributed by atoms with van der Waals surface area (Å²) >= 11 is 1.23. The van der Waals surface area contributed by atoms with E-state index in [1.165, 1.54) is 11.3 Å². The Labute approximate surface area is 144 Å². The molecule has 3 rings (SSSR count). The van der Waals surface area contributed by atoms with Crippen molar-refractivity contribution in [2.45, 2.75) is 25.5 Å². The molecule has 1 saturated heterocycles. The third kappa shape index (κ3) is 3.98. The summed E-state index contributed by atoms with van der Waals surface area (Å²) in [5.41, 5.74) is 6.59. The Kier molecular flexibility index (Phi) is 5.22. The van der Waals surface area contributed by atoms with Crippen LogP contribution in [0.4, 0.5) is 0 Å². The van der Waals surface area contributed by atoms with Crippen molar-refractivity contribution in [3.63, 3.8) is 0 Å². The SMILES string of the molecule is NC(=O)c1csc(C(=O)N(Cc2cccnc2)C[C@@H]2CCCO2)c1. The Balaban J connectivity index is 1.78. The van der Waals surface area contributed by atoms with Crippen LogP contribution in [-0.4, -0.2) is 41.0 Å². The molecule has 1 atom stereocenters. The van der Waals surface area contributed by atoms with Crippen LogP contribution in [0.3, 0.4) is 0 Å². The molecule has 6 nitrogen and oxygen atoms in total. The summed E-state index contributed by atoms with van der Waals surface area (Å²) in [5, 5.41) is 1.61. The molecule has 0 aromatic carbocycles. The molecule has 0 bridgehead atoms. The standard InChI is InChI=1S/C17H19N3O3S/c18-16(21)13-7-15(24-11-13)17(22)20(10-14-4-2-6-23-14)9-12-3-1-5-19-8-12/h1,3,5,7-8,11,14H,2,4,6,9-10H2,(H2,18,21)/t14-/m0/s1. The number of nitrogens with zero attached hydrogens (tertiary/aromatic N) is 2. The zero-order valence-corrected chi connectivity index (χ0v) is 14.0. The van der Waals surface area contributed by atoms with E-state index in [2.05, 4.69) is 4.98 Å². The summed E-state index contributed by atoms with van der Waals surface area (Å²) < 4.78 is 5.67. The Bertz CT molecular complexity index is 711. The van der Waals surface area contributed by atoms with Gasteiger partial charge in [-0.15, -0.1) is 11.3 Å². The second kappa shape index (κ2) is 7.55. The summed E-state index contributed by atoms with van der Waals surface area (Å²) in [6.07, 6.45) is 5.48. The number of amides is 2. The van der Waals surface area contributed by atoms with Crippen molar-refractivity contribution >= 4 is 23.2 Å². The molecule has 0 spiro atoms. The third-order valence-corrected chi connectivity index (χ3v) is 4.84. The maximum atomic E-state index is 12.9. The van der Waals surface area contributed by atoms with Crippen molar-refractivity contribution in [1.29, 1.82) is 0 Å². The number of carbonyl (C=O) groups is 2.